The standard InChI is InChI=1S/C30H31N5O2/c1-22-9-14-28(23(2)19-22)29(36)32-25-20-31-35(21-25)27-12-10-24(11-13-27)30(37)34-16-6-15-33(17-18-34)26-7-4-3-5-8-26/h3-5,7-14,19-21H,6,15-18H2,1-2H3,(H,32,36). The first kappa shape index (κ1) is 24.3. The highest BCUT2D eigenvalue weighted by molar-refractivity contribution is 6.05. The molecule has 0 saturated carbocycles. The number of amides is 2. The van der Waals surface area contributed by atoms with Crippen molar-refractivity contribution in [2.75, 3.05) is 36.4 Å². The van der Waals surface area contributed by atoms with Crippen LogP contribution in [0.4, 0.5) is 11.4 Å². The molecule has 5 rings (SSSR count). The predicted octanol–water partition coefficient (Wildman–Crippen LogP) is 5.09. The highest BCUT2D eigenvalue weighted by Gasteiger charge is 2.20. The van der Waals surface area contributed by atoms with Crippen molar-refractivity contribution in [2.24, 2.45) is 0 Å². The van der Waals surface area contributed by atoms with Crippen LogP contribution in [0.1, 0.15) is 38.3 Å². The molecule has 1 aromatic heterocycles. The van der Waals surface area contributed by atoms with Gasteiger partial charge in [0.1, 0.15) is 0 Å². The number of hydrogen-bond donors (Lipinski definition) is 1. The zero-order chi connectivity index (χ0) is 25.8. The van der Waals surface area contributed by atoms with E-state index in [1.807, 2.05) is 79.4 Å². The lowest BCUT2D eigenvalue weighted by atomic mass is 10.1. The normalized spacial score (nSPS) is 13.8. The maximum Gasteiger partial charge on any atom is 0.256 e. The van der Waals surface area contributed by atoms with Crippen molar-refractivity contribution in [2.45, 2.75) is 20.3 Å². The molecule has 2 amide bonds. The average Bonchev–Trinajstić information content (AvgIpc) is 3.23. The quantitative estimate of drug-likeness (QED) is 0.420. The van der Waals surface area contributed by atoms with E-state index in [1.165, 1.54) is 5.69 Å². The summed E-state index contributed by atoms with van der Waals surface area (Å²) in [5, 5.41) is 7.30. The fourth-order valence-corrected chi connectivity index (χ4v) is 4.75. The SMILES string of the molecule is Cc1ccc(C(=O)Nc2cnn(-c3ccc(C(=O)N4CCCN(c5ccccc5)CC4)cc3)c2)c(C)c1. The van der Waals surface area contributed by atoms with Crippen LogP contribution < -0.4 is 10.2 Å². The minimum Gasteiger partial charge on any atom is -0.370 e. The lowest BCUT2D eigenvalue weighted by Gasteiger charge is -2.23. The molecule has 7 nitrogen and oxygen atoms in total. The van der Waals surface area contributed by atoms with Gasteiger partial charge in [0.25, 0.3) is 11.8 Å². The second-order valence-electron chi connectivity index (χ2n) is 9.46. The summed E-state index contributed by atoms with van der Waals surface area (Å²) in [5.41, 5.74) is 5.97. The van der Waals surface area contributed by atoms with E-state index in [2.05, 4.69) is 27.4 Å². The molecule has 1 aliphatic heterocycles. The highest BCUT2D eigenvalue weighted by atomic mass is 16.2. The minimum atomic E-state index is -0.165. The number of carbonyl (C=O) groups is 2. The van der Waals surface area contributed by atoms with Gasteiger partial charge in [-0.25, -0.2) is 4.68 Å². The van der Waals surface area contributed by atoms with Gasteiger partial charge in [-0.15, -0.1) is 0 Å². The monoisotopic (exact) mass is 493 g/mol. The molecule has 1 fully saturated rings. The zero-order valence-electron chi connectivity index (χ0n) is 21.2. The first-order valence-electron chi connectivity index (χ1n) is 12.6. The maximum atomic E-state index is 13.2. The summed E-state index contributed by atoms with van der Waals surface area (Å²) in [6.45, 7) is 7.13. The molecule has 37 heavy (non-hydrogen) atoms. The van der Waals surface area contributed by atoms with Gasteiger partial charge in [-0.05, 0) is 68.3 Å². The number of hydrogen-bond acceptors (Lipinski definition) is 4. The molecule has 0 aliphatic carbocycles. The molecule has 0 atom stereocenters. The third-order valence-corrected chi connectivity index (χ3v) is 6.75. The first-order chi connectivity index (χ1) is 18.0. The number of rotatable bonds is 5. The molecule has 0 radical (unpaired) electrons. The van der Waals surface area contributed by atoms with E-state index in [0.717, 1.165) is 42.9 Å². The highest BCUT2D eigenvalue weighted by Crippen LogP contribution is 2.19. The number of anilines is 2. The molecule has 1 aliphatic rings. The van der Waals surface area contributed by atoms with Crippen LogP contribution in [0.3, 0.4) is 0 Å². The van der Waals surface area contributed by atoms with E-state index in [-0.39, 0.29) is 11.8 Å². The Bertz CT molecular complexity index is 1400. The lowest BCUT2D eigenvalue weighted by molar-refractivity contribution is 0.0767. The number of para-hydroxylation sites is 1. The molecule has 0 bridgehead atoms. The van der Waals surface area contributed by atoms with Crippen LogP contribution in [0, 0.1) is 13.8 Å². The summed E-state index contributed by atoms with van der Waals surface area (Å²) in [7, 11) is 0. The third kappa shape index (κ3) is 5.56. The van der Waals surface area contributed by atoms with Gasteiger partial charge in [0.15, 0.2) is 0 Å². The Morgan fingerprint density at radius 1 is 0.838 bits per heavy atom. The van der Waals surface area contributed by atoms with Gasteiger partial charge in [0, 0.05) is 43.0 Å². The summed E-state index contributed by atoms with van der Waals surface area (Å²) >= 11 is 0. The number of carbonyl (C=O) groups excluding carboxylic acids is 2. The van der Waals surface area contributed by atoms with Gasteiger partial charge in [-0.2, -0.15) is 5.10 Å². The van der Waals surface area contributed by atoms with Gasteiger partial charge in [-0.3, -0.25) is 9.59 Å². The fourth-order valence-electron chi connectivity index (χ4n) is 4.75. The Hall–Kier alpha value is -4.39. The second-order valence-corrected chi connectivity index (χ2v) is 9.46. The van der Waals surface area contributed by atoms with Gasteiger partial charge in [-0.1, -0.05) is 35.9 Å². The fraction of sp³-hybridized carbons (Fsp3) is 0.233. The summed E-state index contributed by atoms with van der Waals surface area (Å²) < 4.78 is 1.69. The van der Waals surface area contributed by atoms with E-state index in [0.29, 0.717) is 23.4 Å². The molecule has 0 spiro atoms. The molecule has 1 saturated heterocycles. The van der Waals surface area contributed by atoms with E-state index < -0.39 is 0 Å². The van der Waals surface area contributed by atoms with Gasteiger partial charge in [0.2, 0.25) is 0 Å². The summed E-state index contributed by atoms with van der Waals surface area (Å²) in [6.07, 6.45) is 4.32. The van der Waals surface area contributed by atoms with Crippen molar-refractivity contribution in [3.8, 4) is 5.69 Å². The minimum absolute atomic E-state index is 0.0448. The van der Waals surface area contributed by atoms with Crippen molar-refractivity contribution >= 4 is 23.2 Å². The van der Waals surface area contributed by atoms with Gasteiger partial charge < -0.3 is 15.1 Å². The van der Waals surface area contributed by atoms with Gasteiger partial charge >= 0.3 is 0 Å². The molecule has 4 aromatic rings. The maximum absolute atomic E-state index is 13.2. The smallest absolute Gasteiger partial charge is 0.256 e. The van der Waals surface area contributed by atoms with Crippen LogP contribution in [-0.2, 0) is 0 Å². The molecule has 2 heterocycles. The first-order valence-corrected chi connectivity index (χ1v) is 12.6. The molecule has 3 aromatic carbocycles. The summed E-state index contributed by atoms with van der Waals surface area (Å²) in [4.78, 5) is 30.2. The topological polar surface area (TPSA) is 70.5 Å². The second kappa shape index (κ2) is 10.7. The van der Waals surface area contributed by atoms with Gasteiger partial charge in [0.05, 0.1) is 23.8 Å². The number of nitrogens with zero attached hydrogens (tertiary/aromatic N) is 4. The number of aryl methyl sites for hydroxylation is 2. The lowest BCUT2D eigenvalue weighted by Crippen LogP contribution is -2.35. The summed E-state index contributed by atoms with van der Waals surface area (Å²) in [5.74, 6) is -0.121. The molecule has 188 valence electrons. The summed E-state index contributed by atoms with van der Waals surface area (Å²) in [6, 6.07) is 23.5. The molecule has 1 N–H and O–H groups in total. The molecule has 0 unspecified atom stereocenters. The Kier molecular flexibility index (Phi) is 7.03. The molecular weight excluding hydrogens is 462 g/mol. The van der Waals surface area contributed by atoms with Crippen LogP contribution in [0.5, 0.6) is 0 Å². The third-order valence-electron chi connectivity index (χ3n) is 6.75. The average molecular weight is 494 g/mol. The molecule has 7 heteroatoms. The largest absolute Gasteiger partial charge is 0.370 e. The zero-order valence-corrected chi connectivity index (χ0v) is 21.2. The van der Waals surface area contributed by atoms with Crippen molar-refractivity contribution < 1.29 is 9.59 Å². The van der Waals surface area contributed by atoms with Crippen LogP contribution >= 0.6 is 0 Å². The van der Waals surface area contributed by atoms with E-state index >= 15 is 0 Å². The van der Waals surface area contributed by atoms with Crippen LogP contribution in [0.15, 0.2) is 85.2 Å². The number of benzene rings is 3. The Morgan fingerprint density at radius 2 is 1.62 bits per heavy atom. The van der Waals surface area contributed by atoms with E-state index in [9.17, 15) is 9.59 Å². The predicted molar refractivity (Wildman–Crippen MR) is 147 cm³/mol. The van der Waals surface area contributed by atoms with Crippen molar-refractivity contribution in [3.63, 3.8) is 0 Å². The van der Waals surface area contributed by atoms with E-state index in [1.54, 1.807) is 17.1 Å². The Labute approximate surface area is 217 Å². The Balaban J connectivity index is 1.22. The number of nitrogens with one attached hydrogen (secondary N) is 1. The van der Waals surface area contributed by atoms with Crippen LogP contribution in [-0.4, -0.2) is 52.7 Å². The van der Waals surface area contributed by atoms with Crippen LogP contribution in [0.25, 0.3) is 5.69 Å². The van der Waals surface area contributed by atoms with E-state index in [4.69, 9.17) is 0 Å². The van der Waals surface area contributed by atoms with Crippen molar-refractivity contribution in [1.82, 2.24) is 14.7 Å². The molecular formula is C30H31N5O2. The Morgan fingerprint density at radius 3 is 2.38 bits per heavy atom. The number of aromatic nitrogens is 2. The van der Waals surface area contributed by atoms with Crippen molar-refractivity contribution in [1.29, 1.82) is 0 Å². The van der Waals surface area contributed by atoms with Crippen molar-refractivity contribution in [3.05, 3.63) is 107 Å². The van der Waals surface area contributed by atoms with Crippen LogP contribution in [0.2, 0.25) is 0 Å².